The Labute approximate surface area is 207 Å². The SMILES string of the molecule is CC(=O)c1cccc(NC(=O)COC(=O)CCC(=O)Nc2ccc(Oc3ccc(Cl)cc3)cc2)c1. The van der Waals surface area contributed by atoms with Crippen LogP contribution in [-0.4, -0.2) is 30.2 Å². The van der Waals surface area contributed by atoms with Gasteiger partial charge in [0, 0.05) is 28.4 Å². The molecule has 9 heteroatoms. The Morgan fingerprint density at radius 1 is 0.771 bits per heavy atom. The maximum Gasteiger partial charge on any atom is 0.306 e. The molecule has 2 N–H and O–H groups in total. The van der Waals surface area contributed by atoms with Crippen molar-refractivity contribution in [2.45, 2.75) is 19.8 Å². The van der Waals surface area contributed by atoms with Gasteiger partial charge in [-0.1, -0.05) is 23.7 Å². The van der Waals surface area contributed by atoms with Gasteiger partial charge in [0.15, 0.2) is 12.4 Å². The van der Waals surface area contributed by atoms with E-state index in [1.165, 1.54) is 13.0 Å². The van der Waals surface area contributed by atoms with Gasteiger partial charge in [0.1, 0.15) is 11.5 Å². The molecule has 0 fully saturated rings. The van der Waals surface area contributed by atoms with E-state index in [1.54, 1.807) is 66.7 Å². The lowest BCUT2D eigenvalue weighted by molar-refractivity contribution is -0.147. The quantitative estimate of drug-likeness (QED) is 0.295. The van der Waals surface area contributed by atoms with Crippen LogP contribution in [0.3, 0.4) is 0 Å². The van der Waals surface area contributed by atoms with Crippen molar-refractivity contribution in [2.24, 2.45) is 0 Å². The highest BCUT2D eigenvalue weighted by Gasteiger charge is 2.12. The van der Waals surface area contributed by atoms with E-state index in [9.17, 15) is 19.2 Å². The van der Waals surface area contributed by atoms with Crippen LogP contribution in [0.15, 0.2) is 72.8 Å². The molecule has 0 unspecified atom stereocenters. The third kappa shape index (κ3) is 8.60. The summed E-state index contributed by atoms with van der Waals surface area (Å²) in [5.41, 5.74) is 1.41. The summed E-state index contributed by atoms with van der Waals surface area (Å²) < 4.78 is 10.6. The van der Waals surface area contributed by atoms with Crippen LogP contribution in [0.4, 0.5) is 11.4 Å². The van der Waals surface area contributed by atoms with Crippen LogP contribution >= 0.6 is 11.6 Å². The Morgan fingerprint density at radius 2 is 1.40 bits per heavy atom. The summed E-state index contributed by atoms with van der Waals surface area (Å²) in [4.78, 5) is 47.4. The zero-order chi connectivity index (χ0) is 25.2. The minimum absolute atomic E-state index is 0.107. The van der Waals surface area contributed by atoms with E-state index in [0.717, 1.165) is 0 Å². The number of amides is 2. The van der Waals surface area contributed by atoms with E-state index in [4.69, 9.17) is 21.1 Å². The first kappa shape index (κ1) is 25.5. The Kier molecular flexibility index (Phi) is 8.97. The zero-order valence-corrected chi connectivity index (χ0v) is 19.6. The Morgan fingerprint density at radius 3 is 2.06 bits per heavy atom. The number of benzene rings is 3. The number of esters is 1. The molecule has 3 rings (SSSR count). The predicted octanol–water partition coefficient (Wildman–Crippen LogP) is 5.24. The summed E-state index contributed by atoms with van der Waals surface area (Å²) in [6.07, 6.45) is -0.291. The molecular formula is C26H23ClN2O6. The molecule has 180 valence electrons. The van der Waals surface area contributed by atoms with Gasteiger partial charge in [0.2, 0.25) is 5.91 Å². The van der Waals surface area contributed by atoms with Gasteiger partial charge in [-0.05, 0) is 67.6 Å². The highest BCUT2D eigenvalue weighted by molar-refractivity contribution is 6.30. The molecule has 35 heavy (non-hydrogen) atoms. The molecule has 0 heterocycles. The van der Waals surface area contributed by atoms with Crippen molar-refractivity contribution in [1.82, 2.24) is 0 Å². The van der Waals surface area contributed by atoms with E-state index in [2.05, 4.69) is 10.6 Å². The Balaban J connectivity index is 1.37. The first-order chi connectivity index (χ1) is 16.8. The molecule has 0 aliphatic heterocycles. The molecular weight excluding hydrogens is 472 g/mol. The molecule has 0 atom stereocenters. The largest absolute Gasteiger partial charge is 0.457 e. The Hall–Kier alpha value is -4.17. The molecule has 3 aromatic rings. The standard InChI is InChI=1S/C26H23ClN2O6/c1-17(30)18-3-2-4-21(15-18)29-25(32)16-34-26(33)14-13-24(31)28-20-7-11-23(12-8-20)35-22-9-5-19(27)6-10-22/h2-12,15H,13-14,16H2,1H3,(H,28,31)(H,29,32). The number of hydrogen-bond donors (Lipinski definition) is 2. The number of carbonyl (C=O) groups is 4. The second-order valence-corrected chi connectivity index (χ2v) is 7.91. The van der Waals surface area contributed by atoms with Gasteiger partial charge in [-0.15, -0.1) is 0 Å². The third-order valence-corrected chi connectivity index (χ3v) is 4.91. The van der Waals surface area contributed by atoms with Crippen molar-refractivity contribution in [1.29, 1.82) is 0 Å². The van der Waals surface area contributed by atoms with Crippen molar-refractivity contribution < 1.29 is 28.7 Å². The van der Waals surface area contributed by atoms with Gasteiger partial charge in [0.05, 0.1) is 6.42 Å². The van der Waals surface area contributed by atoms with Crippen LogP contribution in [0.25, 0.3) is 0 Å². The molecule has 3 aromatic carbocycles. The highest BCUT2D eigenvalue weighted by Crippen LogP contribution is 2.24. The molecule has 0 aromatic heterocycles. The second-order valence-electron chi connectivity index (χ2n) is 7.47. The fraction of sp³-hybridized carbons (Fsp3) is 0.154. The van der Waals surface area contributed by atoms with Gasteiger partial charge in [-0.2, -0.15) is 0 Å². The lowest BCUT2D eigenvalue weighted by atomic mass is 10.1. The van der Waals surface area contributed by atoms with E-state index in [1.807, 2.05) is 0 Å². The fourth-order valence-corrected chi connectivity index (χ4v) is 3.04. The molecule has 0 aliphatic carbocycles. The minimum Gasteiger partial charge on any atom is -0.457 e. The summed E-state index contributed by atoms with van der Waals surface area (Å²) in [7, 11) is 0. The summed E-state index contributed by atoms with van der Waals surface area (Å²) in [5, 5.41) is 5.84. The van der Waals surface area contributed by atoms with Crippen LogP contribution < -0.4 is 15.4 Å². The monoisotopic (exact) mass is 494 g/mol. The average molecular weight is 495 g/mol. The average Bonchev–Trinajstić information content (AvgIpc) is 2.84. The normalized spacial score (nSPS) is 10.2. The maximum absolute atomic E-state index is 12.1. The number of Topliss-reactive ketones (excluding diaryl/α,β-unsaturated/α-hetero) is 1. The number of rotatable bonds is 10. The fourth-order valence-electron chi connectivity index (χ4n) is 2.92. The van der Waals surface area contributed by atoms with Crippen molar-refractivity contribution in [2.75, 3.05) is 17.2 Å². The van der Waals surface area contributed by atoms with Crippen molar-refractivity contribution in [3.8, 4) is 11.5 Å². The summed E-state index contributed by atoms with van der Waals surface area (Å²) in [6, 6.07) is 20.1. The minimum atomic E-state index is -0.681. The van der Waals surface area contributed by atoms with Gasteiger partial charge in [-0.25, -0.2) is 0 Å². The Bertz CT molecular complexity index is 1210. The zero-order valence-electron chi connectivity index (χ0n) is 18.9. The molecule has 0 bridgehead atoms. The third-order valence-electron chi connectivity index (χ3n) is 4.66. The molecule has 0 saturated carbocycles. The van der Waals surface area contributed by atoms with Gasteiger partial charge < -0.3 is 20.1 Å². The number of hydrogen-bond acceptors (Lipinski definition) is 6. The number of ether oxygens (including phenoxy) is 2. The maximum atomic E-state index is 12.1. The first-order valence-electron chi connectivity index (χ1n) is 10.7. The van der Waals surface area contributed by atoms with E-state index >= 15 is 0 Å². The van der Waals surface area contributed by atoms with E-state index in [-0.39, 0.29) is 24.5 Å². The smallest absolute Gasteiger partial charge is 0.306 e. The topological polar surface area (TPSA) is 111 Å². The molecule has 0 saturated heterocycles. The van der Waals surface area contributed by atoms with Crippen LogP contribution in [-0.2, 0) is 19.1 Å². The molecule has 0 radical (unpaired) electrons. The predicted molar refractivity (Wildman–Crippen MR) is 132 cm³/mol. The number of anilines is 2. The number of halogens is 1. The van der Waals surface area contributed by atoms with E-state index in [0.29, 0.717) is 33.5 Å². The lowest BCUT2D eigenvalue weighted by Gasteiger charge is -2.09. The highest BCUT2D eigenvalue weighted by atomic mass is 35.5. The van der Waals surface area contributed by atoms with E-state index < -0.39 is 18.5 Å². The first-order valence-corrected chi connectivity index (χ1v) is 11.1. The van der Waals surface area contributed by atoms with Crippen molar-refractivity contribution in [3.05, 3.63) is 83.4 Å². The molecule has 8 nitrogen and oxygen atoms in total. The van der Waals surface area contributed by atoms with Crippen LogP contribution in [0, 0.1) is 0 Å². The van der Waals surface area contributed by atoms with Crippen LogP contribution in [0.1, 0.15) is 30.1 Å². The number of ketones is 1. The van der Waals surface area contributed by atoms with Gasteiger partial charge in [0.25, 0.3) is 5.91 Å². The molecule has 0 aliphatic rings. The van der Waals surface area contributed by atoms with Gasteiger partial charge in [-0.3, -0.25) is 19.2 Å². The molecule has 0 spiro atoms. The van der Waals surface area contributed by atoms with Crippen LogP contribution in [0.2, 0.25) is 5.02 Å². The summed E-state index contributed by atoms with van der Waals surface area (Å²) in [6.45, 7) is 0.922. The number of carbonyl (C=O) groups excluding carboxylic acids is 4. The van der Waals surface area contributed by atoms with Crippen LogP contribution in [0.5, 0.6) is 11.5 Å². The summed E-state index contributed by atoms with van der Waals surface area (Å²) >= 11 is 5.85. The number of nitrogens with one attached hydrogen (secondary N) is 2. The van der Waals surface area contributed by atoms with Gasteiger partial charge >= 0.3 is 5.97 Å². The molecule has 2 amide bonds. The summed E-state index contributed by atoms with van der Waals surface area (Å²) in [5.74, 6) is -0.529. The lowest BCUT2D eigenvalue weighted by Crippen LogP contribution is -2.22. The van der Waals surface area contributed by atoms with Crippen molar-refractivity contribution >= 4 is 46.5 Å². The second kappa shape index (κ2) is 12.3. The van der Waals surface area contributed by atoms with Crippen molar-refractivity contribution in [3.63, 3.8) is 0 Å².